The number of ketones is 1. The molecule has 1 aliphatic rings. The van der Waals surface area contributed by atoms with E-state index in [-0.39, 0.29) is 0 Å². The summed E-state index contributed by atoms with van der Waals surface area (Å²) in [6.45, 7) is 2.16. The van der Waals surface area contributed by atoms with E-state index in [1.165, 1.54) is 49.7 Å². The van der Waals surface area contributed by atoms with Gasteiger partial charge in [-0.3, -0.25) is 4.79 Å². The minimum atomic E-state index is 0.427. The van der Waals surface area contributed by atoms with Crippen molar-refractivity contribution in [3.05, 3.63) is 35.4 Å². The summed E-state index contributed by atoms with van der Waals surface area (Å²) in [7, 11) is 0. The van der Waals surface area contributed by atoms with E-state index in [1.54, 1.807) is 0 Å². The highest BCUT2D eigenvalue weighted by Crippen LogP contribution is 2.26. The fraction of sp³-hybridized carbons (Fsp3) is 0.611. The first kappa shape index (κ1) is 14.3. The van der Waals surface area contributed by atoms with Crippen LogP contribution in [0.1, 0.15) is 63.0 Å². The Labute approximate surface area is 117 Å². The molecular weight excluding hydrogens is 232 g/mol. The second-order valence-electron chi connectivity index (χ2n) is 5.95. The standard InChI is InChI=1S/C18H26O/c1-2-15-9-11-17(12-10-15)14-18(19)13-16-7-5-3-4-6-8-16/h9-12,16H,2-8,13-14H2,1H3. The van der Waals surface area contributed by atoms with E-state index in [9.17, 15) is 4.79 Å². The fourth-order valence-electron chi connectivity index (χ4n) is 3.08. The van der Waals surface area contributed by atoms with E-state index < -0.39 is 0 Å². The van der Waals surface area contributed by atoms with E-state index in [4.69, 9.17) is 0 Å². The molecule has 0 heterocycles. The highest BCUT2D eigenvalue weighted by atomic mass is 16.1. The smallest absolute Gasteiger partial charge is 0.137 e. The van der Waals surface area contributed by atoms with Crippen molar-refractivity contribution in [1.82, 2.24) is 0 Å². The topological polar surface area (TPSA) is 17.1 Å². The summed E-state index contributed by atoms with van der Waals surface area (Å²) >= 11 is 0. The summed E-state index contributed by atoms with van der Waals surface area (Å²) in [6.07, 6.45) is 10.4. The zero-order valence-electron chi connectivity index (χ0n) is 12.2. The van der Waals surface area contributed by atoms with Crippen LogP contribution in [0.3, 0.4) is 0 Å². The summed E-state index contributed by atoms with van der Waals surface area (Å²) in [6, 6.07) is 8.52. The summed E-state index contributed by atoms with van der Waals surface area (Å²) in [5, 5.41) is 0. The van der Waals surface area contributed by atoms with Gasteiger partial charge in [0.05, 0.1) is 0 Å². The lowest BCUT2D eigenvalue weighted by atomic mass is 9.92. The van der Waals surface area contributed by atoms with Crippen LogP contribution in [-0.2, 0) is 17.6 Å². The van der Waals surface area contributed by atoms with Crippen molar-refractivity contribution >= 4 is 5.78 Å². The summed E-state index contributed by atoms with van der Waals surface area (Å²) < 4.78 is 0. The van der Waals surface area contributed by atoms with Crippen LogP contribution < -0.4 is 0 Å². The molecular formula is C18H26O. The fourth-order valence-corrected chi connectivity index (χ4v) is 3.08. The van der Waals surface area contributed by atoms with Crippen LogP contribution in [0.4, 0.5) is 0 Å². The van der Waals surface area contributed by atoms with Gasteiger partial charge in [0.2, 0.25) is 0 Å². The molecule has 0 N–H and O–H groups in total. The molecule has 0 atom stereocenters. The second-order valence-corrected chi connectivity index (χ2v) is 5.95. The van der Waals surface area contributed by atoms with Crippen LogP contribution in [0.25, 0.3) is 0 Å². The Kier molecular flexibility index (Phi) is 5.62. The molecule has 1 nitrogen and oxygen atoms in total. The predicted molar refractivity (Wildman–Crippen MR) is 80.3 cm³/mol. The maximum atomic E-state index is 12.1. The molecule has 1 aromatic rings. The predicted octanol–water partition coefficient (Wildman–Crippen LogP) is 4.72. The van der Waals surface area contributed by atoms with Gasteiger partial charge in [0.15, 0.2) is 0 Å². The molecule has 1 saturated carbocycles. The van der Waals surface area contributed by atoms with E-state index in [0.29, 0.717) is 18.1 Å². The van der Waals surface area contributed by atoms with Crippen molar-refractivity contribution < 1.29 is 4.79 Å². The molecule has 0 saturated heterocycles. The van der Waals surface area contributed by atoms with Crippen molar-refractivity contribution in [2.45, 2.75) is 64.7 Å². The molecule has 1 aliphatic carbocycles. The van der Waals surface area contributed by atoms with Crippen molar-refractivity contribution in [2.24, 2.45) is 5.92 Å². The van der Waals surface area contributed by atoms with Crippen LogP contribution in [0.2, 0.25) is 0 Å². The van der Waals surface area contributed by atoms with Crippen LogP contribution in [-0.4, -0.2) is 5.78 Å². The minimum absolute atomic E-state index is 0.427. The Morgan fingerprint density at radius 2 is 1.58 bits per heavy atom. The lowest BCUT2D eigenvalue weighted by molar-refractivity contribution is -0.119. The van der Waals surface area contributed by atoms with Gasteiger partial charge in [-0.25, -0.2) is 0 Å². The van der Waals surface area contributed by atoms with Gasteiger partial charge < -0.3 is 0 Å². The second kappa shape index (κ2) is 7.47. The van der Waals surface area contributed by atoms with Crippen molar-refractivity contribution in [3.63, 3.8) is 0 Å². The molecule has 1 aromatic carbocycles. The van der Waals surface area contributed by atoms with E-state index in [1.807, 2.05) is 0 Å². The number of hydrogen-bond acceptors (Lipinski definition) is 1. The molecule has 0 amide bonds. The average molecular weight is 258 g/mol. The summed E-state index contributed by atoms with van der Waals surface area (Å²) in [4.78, 5) is 12.1. The molecule has 1 fully saturated rings. The number of carbonyl (C=O) groups is 1. The van der Waals surface area contributed by atoms with Crippen molar-refractivity contribution in [2.75, 3.05) is 0 Å². The SMILES string of the molecule is CCc1ccc(CC(=O)CC2CCCCCC2)cc1. The first-order valence-electron chi connectivity index (χ1n) is 7.87. The van der Waals surface area contributed by atoms with E-state index in [2.05, 4.69) is 31.2 Å². The molecule has 0 aliphatic heterocycles. The lowest BCUT2D eigenvalue weighted by Gasteiger charge is -2.12. The zero-order valence-corrected chi connectivity index (χ0v) is 12.2. The van der Waals surface area contributed by atoms with Gasteiger partial charge in [0.1, 0.15) is 5.78 Å². The average Bonchev–Trinajstić information content (AvgIpc) is 2.68. The number of Topliss-reactive ketones (excluding diaryl/α,β-unsaturated/α-hetero) is 1. The van der Waals surface area contributed by atoms with Crippen LogP contribution in [0.5, 0.6) is 0 Å². The van der Waals surface area contributed by atoms with Crippen LogP contribution >= 0.6 is 0 Å². The molecule has 0 bridgehead atoms. The molecule has 104 valence electrons. The number of benzene rings is 1. The maximum absolute atomic E-state index is 12.1. The zero-order chi connectivity index (χ0) is 13.5. The minimum Gasteiger partial charge on any atom is -0.299 e. The molecule has 2 rings (SSSR count). The third-order valence-electron chi connectivity index (χ3n) is 4.32. The highest BCUT2D eigenvalue weighted by molar-refractivity contribution is 5.81. The van der Waals surface area contributed by atoms with Gasteiger partial charge >= 0.3 is 0 Å². The Balaban J connectivity index is 1.82. The Bertz CT molecular complexity index is 383. The summed E-state index contributed by atoms with van der Waals surface area (Å²) in [5.74, 6) is 1.08. The van der Waals surface area contributed by atoms with Crippen molar-refractivity contribution in [1.29, 1.82) is 0 Å². The van der Waals surface area contributed by atoms with Gasteiger partial charge in [0, 0.05) is 12.8 Å². The van der Waals surface area contributed by atoms with Gasteiger partial charge in [-0.05, 0) is 23.5 Å². The lowest BCUT2D eigenvalue weighted by Crippen LogP contribution is -2.10. The van der Waals surface area contributed by atoms with E-state index >= 15 is 0 Å². The maximum Gasteiger partial charge on any atom is 0.137 e. The third-order valence-corrected chi connectivity index (χ3v) is 4.32. The molecule has 0 spiro atoms. The molecule has 0 aromatic heterocycles. The molecule has 19 heavy (non-hydrogen) atoms. The first-order valence-corrected chi connectivity index (χ1v) is 7.87. The first-order chi connectivity index (χ1) is 9.28. The largest absolute Gasteiger partial charge is 0.299 e. The Morgan fingerprint density at radius 3 is 2.16 bits per heavy atom. The van der Waals surface area contributed by atoms with Gasteiger partial charge in [0.25, 0.3) is 0 Å². The number of aryl methyl sites for hydroxylation is 1. The quantitative estimate of drug-likeness (QED) is 0.698. The number of rotatable bonds is 5. The number of carbonyl (C=O) groups excluding carboxylic acids is 1. The monoisotopic (exact) mass is 258 g/mol. The molecule has 1 heteroatoms. The Morgan fingerprint density at radius 1 is 1.00 bits per heavy atom. The Hall–Kier alpha value is -1.11. The third kappa shape index (κ3) is 4.81. The van der Waals surface area contributed by atoms with Gasteiger partial charge in [-0.2, -0.15) is 0 Å². The van der Waals surface area contributed by atoms with Crippen LogP contribution in [0.15, 0.2) is 24.3 Å². The van der Waals surface area contributed by atoms with Gasteiger partial charge in [-0.15, -0.1) is 0 Å². The van der Waals surface area contributed by atoms with Crippen LogP contribution in [0, 0.1) is 5.92 Å². The van der Waals surface area contributed by atoms with E-state index in [0.717, 1.165) is 12.8 Å². The van der Waals surface area contributed by atoms with Crippen molar-refractivity contribution in [3.8, 4) is 0 Å². The molecule has 0 unspecified atom stereocenters. The molecule has 0 radical (unpaired) electrons. The summed E-state index contributed by atoms with van der Waals surface area (Å²) in [5.41, 5.74) is 2.52. The number of hydrogen-bond donors (Lipinski definition) is 0. The van der Waals surface area contributed by atoms with Gasteiger partial charge in [-0.1, -0.05) is 69.7 Å². The highest BCUT2D eigenvalue weighted by Gasteiger charge is 2.16. The normalized spacial score (nSPS) is 17.1.